The number of hydrogen-bond acceptors (Lipinski definition) is 3. The Morgan fingerprint density at radius 2 is 1.89 bits per heavy atom. The third kappa shape index (κ3) is 5.08. The predicted molar refractivity (Wildman–Crippen MR) is 78.6 cm³/mol. The van der Waals surface area contributed by atoms with E-state index in [0.29, 0.717) is 11.3 Å². The predicted octanol–water partition coefficient (Wildman–Crippen LogP) is 3.00. The summed E-state index contributed by atoms with van der Waals surface area (Å²) in [5.74, 6) is 0.187. The van der Waals surface area contributed by atoms with Crippen molar-refractivity contribution in [3.63, 3.8) is 0 Å². The first-order chi connectivity index (χ1) is 8.45. The van der Waals surface area contributed by atoms with Gasteiger partial charge in [0.25, 0.3) is 0 Å². The van der Waals surface area contributed by atoms with E-state index in [1.807, 2.05) is 6.92 Å². The first-order valence-corrected chi connectivity index (χ1v) is 8.62. The van der Waals surface area contributed by atoms with Crippen molar-refractivity contribution >= 4 is 25.8 Å². The minimum Gasteiger partial charge on any atom is -0.314 e. The summed E-state index contributed by atoms with van der Waals surface area (Å²) >= 11 is 3.30. The molecule has 0 aliphatic rings. The molecule has 1 aromatic carbocycles. The molecule has 1 N–H and O–H groups in total. The van der Waals surface area contributed by atoms with Gasteiger partial charge >= 0.3 is 0 Å². The highest BCUT2D eigenvalue weighted by atomic mass is 79.9. The van der Waals surface area contributed by atoms with E-state index in [9.17, 15) is 8.42 Å². The van der Waals surface area contributed by atoms with Gasteiger partial charge in [0.1, 0.15) is 0 Å². The lowest BCUT2D eigenvalue weighted by Crippen LogP contribution is -2.28. The van der Waals surface area contributed by atoms with Crippen LogP contribution in [0.5, 0.6) is 0 Å². The Hall–Kier alpha value is -0.390. The smallest absolute Gasteiger partial charge is 0.178 e. The van der Waals surface area contributed by atoms with Crippen molar-refractivity contribution in [2.75, 3.05) is 12.3 Å². The maximum absolute atomic E-state index is 12.1. The molecule has 1 unspecified atom stereocenters. The summed E-state index contributed by atoms with van der Waals surface area (Å²) in [5, 5.41) is 3.29. The highest BCUT2D eigenvalue weighted by Gasteiger charge is 2.15. The number of rotatable bonds is 7. The SMILES string of the molecule is CCCNC(C)CCS(=O)(=O)c1ccc(Br)cc1. The van der Waals surface area contributed by atoms with E-state index < -0.39 is 9.84 Å². The van der Waals surface area contributed by atoms with E-state index in [1.165, 1.54) is 0 Å². The summed E-state index contributed by atoms with van der Waals surface area (Å²) in [6.07, 6.45) is 1.70. The zero-order chi connectivity index (χ0) is 13.6. The summed E-state index contributed by atoms with van der Waals surface area (Å²) in [7, 11) is -3.16. The van der Waals surface area contributed by atoms with Crippen molar-refractivity contribution in [1.82, 2.24) is 5.32 Å². The van der Waals surface area contributed by atoms with Crippen molar-refractivity contribution < 1.29 is 8.42 Å². The van der Waals surface area contributed by atoms with Gasteiger partial charge in [-0.25, -0.2) is 8.42 Å². The molecule has 18 heavy (non-hydrogen) atoms. The van der Waals surface area contributed by atoms with Crippen molar-refractivity contribution in [2.24, 2.45) is 0 Å². The Balaban J connectivity index is 2.57. The zero-order valence-corrected chi connectivity index (χ0v) is 13.2. The van der Waals surface area contributed by atoms with Crippen molar-refractivity contribution in [2.45, 2.75) is 37.6 Å². The summed E-state index contributed by atoms with van der Waals surface area (Å²) < 4.78 is 25.0. The van der Waals surface area contributed by atoms with Gasteiger partial charge in [0.05, 0.1) is 10.6 Å². The van der Waals surface area contributed by atoms with Gasteiger partial charge in [0.2, 0.25) is 0 Å². The van der Waals surface area contributed by atoms with Gasteiger partial charge in [0.15, 0.2) is 9.84 Å². The molecule has 0 aliphatic heterocycles. The van der Waals surface area contributed by atoms with Crippen LogP contribution in [0.1, 0.15) is 26.7 Å². The Morgan fingerprint density at radius 3 is 2.44 bits per heavy atom. The summed E-state index contributed by atoms with van der Waals surface area (Å²) in [6.45, 7) is 5.05. The van der Waals surface area contributed by atoms with Crippen LogP contribution in [-0.4, -0.2) is 26.8 Å². The van der Waals surface area contributed by atoms with Gasteiger partial charge < -0.3 is 5.32 Å². The molecular formula is C13H20BrNO2S. The molecule has 0 bridgehead atoms. The number of hydrogen-bond donors (Lipinski definition) is 1. The lowest BCUT2D eigenvalue weighted by Gasteiger charge is -2.13. The molecule has 3 nitrogen and oxygen atoms in total. The van der Waals surface area contributed by atoms with Crippen molar-refractivity contribution in [1.29, 1.82) is 0 Å². The van der Waals surface area contributed by atoms with Gasteiger partial charge in [0, 0.05) is 10.5 Å². The molecular weight excluding hydrogens is 314 g/mol. The Kier molecular flexibility index (Phi) is 6.32. The van der Waals surface area contributed by atoms with E-state index >= 15 is 0 Å². The van der Waals surface area contributed by atoms with Crippen LogP contribution < -0.4 is 5.32 Å². The third-order valence-corrected chi connectivity index (χ3v) is 5.03. The normalized spacial score (nSPS) is 13.5. The molecule has 1 rings (SSSR count). The summed E-state index contributed by atoms with van der Waals surface area (Å²) in [4.78, 5) is 0.397. The lowest BCUT2D eigenvalue weighted by molar-refractivity contribution is 0.525. The minimum atomic E-state index is -3.16. The molecule has 0 heterocycles. The molecule has 0 saturated carbocycles. The maximum Gasteiger partial charge on any atom is 0.178 e. The van der Waals surface area contributed by atoms with E-state index in [0.717, 1.165) is 17.4 Å². The Labute approximate surface area is 118 Å². The molecule has 1 aromatic rings. The van der Waals surface area contributed by atoms with Crippen LogP contribution in [0.2, 0.25) is 0 Å². The Bertz CT molecular complexity index is 456. The van der Waals surface area contributed by atoms with Crippen molar-refractivity contribution in [3.05, 3.63) is 28.7 Å². The standard InChI is InChI=1S/C13H20BrNO2S/c1-3-9-15-11(2)8-10-18(16,17)13-6-4-12(14)5-7-13/h4-7,11,15H,3,8-10H2,1-2H3. The van der Waals surface area contributed by atoms with Gasteiger partial charge in [-0.05, 0) is 50.6 Å². The monoisotopic (exact) mass is 333 g/mol. The molecule has 0 radical (unpaired) electrons. The number of nitrogens with one attached hydrogen (secondary N) is 1. The van der Waals surface area contributed by atoms with Gasteiger partial charge in [-0.1, -0.05) is 22.9 Å². The Morgan fingerprint density at radius 1 is 1.28 bits per heavy atom. The fraction of sp³-hybridized carbons (Fsp3) is 0.538. The van der Waals surface area contributed by atoms with Crippen LogP contribution >= 0.6 is 15.9 Å². The van der Waals surface area contributed by atoms with Crippen LogP contribution in [0, 0.1) is 0 Å². The van der Waals surface area contributed by atoms with Gasteiger partial charge in [-0.2, -0.15) is 0 Å². The van der Waals surface area contributed by atoms with Gasteiger partial charge in [-0.3, -0.25) is 0 Å². The second kappa shape index (κ2) is 7.26. The molecule has 0 fully saturated rings. The fourth-order valence-electron chi connectivity index (χ4n) is 1.58. The van der Waals surface area contributed by atoms with Crippen LogP contribution in [-0.2, 0) is 9.84 Å². The first kappa shape index (κ1) is 15.7. The van der Waals surface area contributed by atoms with E-state index in [4.69, 9.17) is 0 Å². The molecule has 0 saturated heterocycles. The maximum atomic E-state index is 12.1. The number of halogens is 1. The molecule has 0 aromatic heterocycles. The third-order valence-electron chi connectivity index (χ3n) is 2.74. The van der Waals surface area contributed by atoms with Gasteiger partial charge in [-0.15, -0.1) is 0 Å². The topological polar surface area (TPSA) is 46.2 Å². The lowest BCUT2D eigenvalue weighted by atomic mass is 10.2. The zero-order valence-electron chi connectivity index (χ0n) is 10.8. The second-order valence-corrected chi connectivity index (χ2v) is 7.44. The minimum absolute atomic E-state index is 0.187. The average Bonchev–Trinajstić information content (AvgIpc) is 2.34. The average molecular weight is 334 g/mol. The first-order valence-electron chi connectivity index (χ1n) is 6.17. The number of benzene rings is 1. The molecule has 5 heteroatoms. The van der Waals surface area contributed by atoms with E-state index in [1.54, 1.807) is 24.3 Å². The fourth-order valence-corrected chi connectivity index (χ4v) is 3.30. The van der Waals surface area contributed by atoms with Crippen LogP contribution in [0.15, 0.2) is 33.6 Å². The molecule has 0 amide bonds. The largest absolute Gasteiger partial charge is 0.314 e. The summed E-state index contributed by atoms with van der Waals surface area (Å²) in [5.41, 5.74) is 0. The van der Waals surface area contributed by atoms with Crippen LogP contribution in [0.3, 0.4) is 0 Å². The highest BCUT2D eigenvalue weighted by molar-refractivity contribution is 9.10. The summed E-state index contributed by atoms with van der Waals surface area (Å²) in [6, 6.07) is 7.03. The van der Waals surface area contributed by atoms with E-state index in [2.05, 4.69) is 28.2 Å². The molecule has 1 atom stereocenters. The van der Waals surface area contributed by atoms with Crippen LogP contribution in [0.4, 0.5) is 0 Å². The molecule has 102 valence electrons. The quantitative estimate of drug-likeness (QED) is 0.834. The molecule has 0 spiro atoms. The van der Waals surface area contributed by atoms with E-state index in [-0.39, 0.29) is 11.8 Å². The van der Waals surface area contributed by atoms with Crippen LogP contribution in [0.25, 0.3) is 0 Å². The number of sulfone groups is 1. The molecule has 0 aliphatic carbocycles. The highest BCUT2D eigenvalue weighted by Crippen LogP contribution is 2.16. The van der Waals surface area contributed by atoms with Crippen molar-refractivity contribution in [3.8, 4) is 0 Å². The second-order valence-electron chi connectivity index (χ2n) is 4.42.